The number of rotatable bonds is 7. The Hall–Kier alpha value is -4.06. The van der Waals surface area contributed by atoms with E-state index in [4.69, 9.17) is 4.74 Å². The normalized spacial score (nSPS) is 10.8. The summed E-state index contributed by atoms with van der Waals surface area (Å²) in [5.74, 6) is -0.606. The molecule has 29 heavy (non-hydrogen) atoms. The van der Waals surface area contributed by atoms with E-state index < -0.39 is 21.3 Å². The Morgan fingerprint density at radius 3 is 2.55 bits per heavy atom. The van der Waals surface area contributed by atoms with Gasteiger partial charge < -0.3 is 9.84 Å². The van der Waals surface area contributed by atoms with Gasteiger partial charge in [-0.05, 0) is 18.2 Å². The number of phenols is 1. The lowest BCUT2D eigenvalue weighted by molar-refractivity contribution is -0.386. The van der Waals surface area contributed by atoms with Gasteiger partial charge in [0.2, 0.25) is 10.9 Å². The first-order chi connectivity index (χ1) is 13.9. The number of phenolic OH excluding ortho intramolecular Hbond substituents is 1. The molecule has 2 aromatic carbocycles. The number of thiazole rings is 1. The Balaban J connectivity index is 1.74. The van der Waals surface area contributed by atoms with E-state index in [1.165, 1.54) is 42.9 Å². The summed E-state index contributed by atoms with van der Waals surface area (Å²) in [5, 5.41) is 37.7. The smallest absolute Gasteiger partial charge is 0.315 e. The second kappa shape index (κ2) is 8.31. The number of hydrogen-bond donors (Lipinski definition) is 2. The maximum absolute atomic E-state index is 11.0. The molecule has 0 radical (unpaired) electrons. The third-order valence-electron chi connectivity index (χ3n) is 3.75. The number of aromatic hydroxyl groups is 1. The van der Waals surface area contributed by atoms with Gasteiger partial charge in [0.05, 0.1) is 28.9 Å². The average molecular weight is 415 g/mol. The van der Waals surface area contributed by atoms with E-state index in [1.54, 1.807) is 17.5 Å². The van der Waals surface area contributed by atoms with Crippen LogP contribution in [0.3, 0.4) is 0 Å². The summed E-state index contributed by atoms with van der Waals surface area (Å²) in [6.07, 6.45) is 1.32. The van der Waals surface area contributed by atoms with Crippen LogP contribution >= 0.6 is 11.3 Å². The molecule has 1 aromatic heterocycles. The van der Waals surface area contributed by atoms with Crippen LogP contribution in [0.1, 0.15) is 5.56 Å². The molecule has 0 saturated heterocycles. The van der Waals surface area contributed by atoms with Crippen molar-refractivity contribution in [1.29, 1.82) is 0 Å². The van der Waals surface area contributed by atoms with Crippen molar-refractivity contribution in [3.63, 3.8) is 0 Å². The Bertz CT molecular complexity index is 1100. The Kier molecular flexibility index (Phi) is 5.64. The summed E-state index contributed by atoms with van der Waals surface area (Å²) in [7, 11) is 1.28. The fourth-order valence-corrected chi connectivity index (χ4v) is 3.03. The van der Waals surface area contributed by atoms with Gasteiger partial charge in [0.25, 0.3) is 5.69 Å². The Labute approximate surface area is 167 Å². The molecular weight excluding hydrogens is 402 g/mol. The zero-order valence-corrected chi connectivity index (χ0v) is 15.6. The van der Waals surface area contributed by atoms with Gasteiger partial charge in [-0.25, -0.2) is 4.98 Å². The van der Waals surface area contributed by atoms with Crippen molar-refractivity contribution >= 4 is 34.1 Å². The largest absolute Gasteiger partial charge is 0.500 e. The van der Waals surface area contributed by atoms with Crippen LogP contribution < -0.4 is 10.2 Å². The molecule has 1 heterocycles. The van der Waals surface area contributed by atoms with Gasteiger partial charge in [-0.1, -0.05) is 0 Å². The molecule has 148 valence electrons. The molecule has 11 nitrogen and oxygen atoms in total. The van der Waals surface area contributed by atoms with Gasteiger partial charge in [0, 0.05) is 34.7 Å². The number of nitro benzene ring substituents is 2. The van der Waals surface area contributed by atoms with E-state index in [0.29, 0.717) is 22.0 Å². The summed E-state index contributed by atoms with van der Waals surface area (Å²) < 4.78 is 4.93. The van der Waals surface area contributed by atoms with Crippen LogP contribution in [0.15, 0.2) is 46.9 Å². The van der Waals surface area contributed by atoms with Crippen LogP contribution in [0.25, 0.3) is 11.3 Å². The lowest BCUT2D eigenvalue weighted by Crippen LogP contribution is -1.96. The maximum atomic E-state index is 11.0. The van der Waals surface area contributed by atoms with Gasteiger partial charge >= 0.3 is 5.69 Å². The molecule has 0 aliphatic carbocycles. The van der Waals surface area contributed by atoms with E-state index in [1.807, 2.05) is 0 Å². The minimum Gasteiger partial charge on any atom is -0.500 e. The summed E-state index contributed by atoms with van der Waals surface area (Å²) in [6.45, 7) is 0. The quantitative estimate of drug-likeness (QED) is 0.336. The highest BCUT2D eigenvalue weighted by Crippen LogP contribution is 2.36. The van der Waals surface area contributed by atoms with Crippen molar-refractivity contribution in [2.75, 3.05) is 12.5 Å². The first-order valence-corrected chi connectivity index (χ1v) is 8.82. The van der Waals surface area contributed by atoms with Gasteiger partial charge in [0.1, 0.15) is 0 Å². The number of nitrogens with one attached hydrogen (secondary N) is 1. The van der Waals surface area contributed by atoms with Gasteiger partial charge in [-0.3, -0.25) is 25.7 Å². The summed E-state index contributed by atoms with van der Waals surface area (Å²) in [4.78, 5) is 24.9. The molecular formula is C17H13N5O6S. The molecule has 0 aliphatic heterocycles. The lowest BCUT2D eigenvalue weighted by atomic mass is 10.1. The molecule has 0 atom stereocenters. The number of nitro groups is 2. The maximum Gasteiger partial charge on any atom is 0.315 e. The zero-order valence-electron chi connectivity index (χ0n) is 14.8. The van der Waals surface area contributed by atoms with E-state index in [9.17, 15) is 25.3 Å². The molecule has 0 fully saturated rings. The molecule has 3 rings (SSSR count). The highest BCUT2D eigenvalue weighted by atomic mass is 32.1. The number of methoxy groups -OCH3 is 1. The van der Waals surface area contributed by atoms with Crippen LogP contribution in [-0.2, 0) is 0 Å². The van der Waals surface area contributed by atoms with Crippen molar-refractivity contribution in [2.24, 2.45) is 5.10 Å². The molecule has 0 aliphatic rings. The summed E-state index contributed by atoms with van der Waals surface area (Å²) in [6, 6.07) is 8.55. The van der Waals surface area contributed by atoms with Crippen molar-refractivity contribution in [3.05, 3.63) is 67.6 Å². The first-order valence-electron chi connectivity index (χ1n) is 7.94. The molecule has 0 unspecified atom stereocenters. The molecule has 0 amide bonds. The Morgan fingerprint density at radius 1 is 1.21 bits per heavy atom. The number of anilines is 1. The number of ether oxygens (including phenoxy) is 1. The van der Waals surface area contributed by atoms with Gasteiger partial charge in [0.15, 0.2) is 5.75 Å². The highest BCUT2D eigenvalue weighted by Gasteiger charge is 2.19. The fraction of sp³-hybridized carbons (Fsp3) is 0.0588. The number of hydrogen-bond acceptors (Lipinski definition) is 10. The average Bonchev–Trinajstić information content (AvgIpc) is 3.17. The highest BCUT2D eigenvalue weighted by molar-refractivity contribution is 7.14. The van der Waals surface area contributed by atoms with Crippen molar-refractivity contribution in [1.82, 2.24) is 4.98 Å². The fourth-order valence-electron chi connectivity index (χ4n) is 2.36. The number of non-ortho nitro benzene ring substituents is 1. The second-order valence-corrected chi connectivity index (χ2v) is 6.42. The monoisotopic (exact) mass is 415 g/mol. The van der Waals surface area contributed by atoms with E-state index >= 15 is 0 Å². The van der Waals surface area contributed by atoms with Crippen LogP contribution in [0, 0.1) is 20.2 Å². The molecule has 12 heteroatoms. The van der Waals surface area contributed by atoms with Crippen LogP contribution in [0.2, 0.25) is 0 Å². The van der Waals surface area contributed by atoms with E-state index in [0.717, 1.165) is 6.07 Å². The number of nitrogens with zero attached hydrogens (tertiary/aromatic N) is 4. The van der Waals surface area contributed by atoms with Crippen LogP contribution in [0.5, 0.6) is 11.5 Å². The van der Waals surface area contributed by atoms with Crippen LogP contribution in [-0.4, -0.2) is 33.3 Å². The Morgan fingerprint density at radius 2 is 1.93 bits per heavy atom. The van der Waals surface area contributed by atoms with Crippen molar-refractivity contribution in [2.45, 2.75) is 0 Å². The summed E-state index contributed by atoms with van der Waals surface area (Å²) >= 11 is 1.27. The van der Waals surface area contributed by atoms with Gasteiger partial charge in [-0.15, -0.1) is 11.3 Å². The molecule has 2 N–H and O–H groups in total. The van der Waals surface area contributed by atoms with E-state index in [-0.39, 0.29) is 11.4 Å². The molecule has 0 saturated carbocycles. The molecule has 3 aromatic rings. The second-order valence-electron chi connectivity index (χ2n) is 5.56. The first kappa shape index (κ1) is 19.7. The predicted octanol–water partition coefficient (Wildman–Crippen LogP) is 3.79. The number of aromatic nitrogens is 1. The predicted molar refractivity (Wildman–Crippen MR) is 107 cm³/mol. The van der Waals surface area contributed by atoms with E-state index in [2.05, 4.69) is 15.5 Å². The third-order valence-corrected chi connectivity index (χ3v) is 4.49. The zero-order chi connectivity index (χ0) is 21.0. The SMILES string of the molecule is COc1cc(/C=N/Nc2nc(-c3ccc([N+](=O)[O-])cc3)cs2)cc([N+](=O)[O-])c1O. The molecule has 0 spiro atoms. The van der Waals surface area contributed by atoms with Crippen molar-refractivity contribution < 1.29 is 19.7 Å². The van der Waals surface area contributed by atoms with Crippen molar-refractivity contribution in [3.8, 4) is 22.8 Å². The number of benzene rings is 2. The minimum absolute atomic E-state index is 0.00894. The molecule has 0 bridgehead atoms. The topological polar surface area (TPSA) is 153 Å². The standard InChI is InChI=1S/C17H13N5O6S/c1-28-15-7-10(6-14(16(15)23)22(26)27)8-18-20-17-19-13(9-29-17)11-2-4-12(5-3-11)21(24)25/h2-9,23H,1H3,(H,19,20)/b18-8+. The van der Waals surface area contributed by atoms with Crippen LogP contribution in [0.4, 0.5) is 16.5 Å². The number of hydrazone groups is 1. The van der Waals surface area contributed by atoms with Gasteiger partial charge in [-0.2, -0.15) is 5.10 Å². The minimum atomic E-state index is -0.722. The lowest BCUT2D eigenvalue weighted by Gasteiger charge is -2.04. The third kappa shape index (κ3) is 4.44. The summed E-state index contributed by atoms with van der Waals surface area (Å²) in [5.41, 5.74) is 3.87.